The number of hydrogen-bond donors (Lipinski definition) is 1. The molecule has 8 heteroatoms. The van der Waals surface area contributed by atoms with Crippen molar-refractivity contribution in [2.45, 2.75) is 77.4 Å². The van der Waals surface area contributed by atoms with Gasteiger partial charge in [-0.25, -0.2) is 9.59 Å². The Morgan fingerprint density at radius 3 is 2.11 bits per heavy atom. The van der Waals surface area contributed by atoms with Gasteiger partial charge in [-0.2, -0.15) is 0 Å². The monoisotopic (exact) mass is 521 g/mol. The normalized spacial score (nSPS) is 18.1. The molecule has 0 spiro atoms. The van der Waals surface area contributed by atoms with Gasteiger partial charge in [-0.3, -0.25) is 14.5 Å². The van der Waals surface area contributed by atoms with Gasteiger partial charge in [-0.1, -0.05) is 99.7 Å². The molecule has 1 aliphatic rings. The number of carbonyl (C=O) groups is 4. The Kier molecular flexibility index (Phi) is 10.0. The molecule has 2 aromatic rings. The highest BCUT2D eigenvalue weighted by molar-refractivity contribution is 6.09. The van der Waals surface area contributed by atoms with Crippen LogP contribution in [0.2, 0.25) is 0 Å². The Morgan fingerprint density at radius 2 is 1.50 bits per heavy atom. The third-order valence-corrected chi connectivity index (χ3v) is 7.37. The van der Waals surface area contributed by atoms with E-state index in [9.17, 15) is 24.3 Å². The lowest BCUT2D eigenvalue weighted by Gasteiger charge is -2.32. The van der Waals surface area contributed by atoms with Crippen LogP contribution >= 0.6 is 0 Å². The molecule has 8 nitrogen and oxygen atoms in total. The minimum Gasteiger partial charge on any atom is -0.480 e. The first-order valence-corrected chi connectivity index (χ1v) is 13.5. The summed E-state index contributed by atoms with van der Waals surface area (Å²) in [5.74, 6) is -2.17. The van der Waals surface area contributed by atoms with E-state index in [1.807, 2.05) is 48.5 Å². The first kappa shape index (κ1) is 28.9. The Balaban J connectivity index is 1.83. The van der Waals surface area contributed by atoms with Crippen LogP contribution in [0.15, 0.2) is 60.7 Å². The van der Waals surface area contributed by atoms with Crippen molar-refractivity contribution in [2.75, 3.05) is 13.1 Å². The molecule has 1 fully saturated rings. The summed E-state index contributed by atoms with van der Waals surface area (Å²) in [5.41, 5.74) is 0.192. The molecule has 38 heavy (non-hydrogen) atoms. The second-order valence-corrected chi connectivity index (χ2v) is 10.1. The second kappa shape index (κ2) is 13.2. The molecular weight excluding hydrogens is 482 g/mol. The van der Waals surface area contributed by atoms with Crippen molar-refractivity contribution in [3.05, 3.63) is 71.8 Å². The van der Waals surface area contributed by atoms with Gasteiger partial charge in [0.1, 0.15) is 18.1 Å². The summed E-state index contributed by atoms with van der Waals surface area (Å²) in [6.45, 7) is 5.25. The van der Waals surface area contributed by atoms with Crippen molar-refractivity contribution in [1.29, 1.82) is 0 Å². The first-order valence-electron chi connectivity index (χ1n) is 13.5. The molecule has 0 aliphatic carbocycles. The average Bonchev–Trinajstić information content (AvgIpc) is 3.10. The fourth-order valence-corrected chi connectivity index (χ4v) is 4.93. The van der Waals surface area contributed by atoms with E-state index >= 15 is 0 Å². The van der Waals surface area contributed by atoms with Crippen LogP contribution in [0.4, 0.5) is 4.79 Å². The number of hydrogen-bond acceptors (Lipinski definition) is 4. The van der Waals surface area contributed by atoms with Crippen LogP contribution in [0.1, 0.15) is 70.4 Å². The van der Waals surface area contributed by atoms with E-state index in [1.54, 1.807) is 19.1 Å². The smallest absolute Gasteiger partial charge is 0.328 e. The molecular formula is C30H39N3O5. The Hall–Kier alpha value is -3.68. The average molecular weight is 522 g/mol. The molecule has 4 amide bonds. The van der Waals surface area contributed by atoms with Crippen molar-refractivity contribution in [1.82, 2.24) is 14.7 Å². The number of imide groups is 1. The van der Waals surface area contributed by atoms with Crippen molar-refractivity contribution in [3.8, 4) is 0 Å². The van der Waals surface area contributed by atoms with Gasteiger partial charge in [0, 0.05) is 13.1 Å². The quantitative estimate of drug-likeness (QED) is 0.278. The van der Waals surface area contributed by atoms with E-state index in [2.05, 4.69) is 6.92 Å². The molecule has 2 aromatic carbocycles. The molecule has 0 radical (unpaired) electrons. The van der Waals surface area contributed by atoms with Gasteiger partial charge >= 0.3 is 12.0 Å². The summed E-state index contributed by atoms with van der Waals surface area (Å²) in [7, 11) is 0. The molecule has 1 saturated heterocycles. The van der Waals surface area contributed by atoms with Crippen molar-refractivity contribution < 1.29 is 24.3 Å². The fourth-order valence-electron chi connectivity index (χ4n) is 4.93. The molecule has 1 N–H and O–H groups in total. The SMILES string of the molecule is CCCCCCCCN(C(=O)CN1C(=O)N(Cc2ccccc2)[C@](C)(c2ccccc2)C1=O)[C@@H](C)C(=O)O. The van der Waals surface area contributed by atoms with Gasteiger partial charge < -0.3 is 14.9 Å². The summed E-state index contributed by atoms with van der Waals surface area (Å²) in [5, 5.41) is 9.63. The number of nitrogens with zero attached hydrogens (tertiary/aromatic N) is 3. The number of aliphatic carboxylic acids is 1. The van der Waals surface area contributed by atoms with Crippen LogP contribution in [0.25, 0.3) is 0 Å². The number of urea groups is 1. The lowest BCUT2D eigenvalue weighted by atomic mass is 9.90. The van der Waals surface area contributed by atoms with Crippen LogP contribution in [0.3, 0.4) is 0 Å². The minimum absolute atomic E-state index is 0.189. The number of unbranched alkanes of at least 4 members (excludes halogenated alkanes) is 5. The molecule has 0 bridgehead atoms. The number of carboxylic acid groups (broad SMARTS) is 1. The number of benzene rings is 2. The standard InChI is InChI=1S/C30H39N3O5/c1-4-5-6-7-8-15-20-31(23(2)27(35)36)26(34)22-32-28(37)30(3,25-18-13-10-14-19-25)33(29(32)38)21-24-16-11-9-12-17-24/h9-14,16-19,23H,4-8,15,20-22H2,1-3H3,(H,35,36)/t23-,30+/m0/s1. The van der Waals surface area contributed by atoms with Crippen LogP contribution in [0, 0.1) is 0 Å². The summed E-state index contributed by atoms with van der Waals surface area (Å²) in [4.78, 5) is 56.5. The molecule has 1 aliphatic heterocycles. The lowest BCUT2D eigenvalue weighted by Crippen LogP contribution is -2.49. The highest BCUT2D eigenvalue weighted by Gasteiger charge is 2.55. The number of amides is 4. The summed E-state index contributed by atoms with van der Waals surface area (Å²) in [6.07, 6.45) is 5.94. The minimum atomic E-state index is -1.31. The van der Waals surface area contributed by atoms with Crippen LogP contribution < -0.4 is 0 Å². The summed E-state index contributed by atoms with van der Waals surface area (Å²) >= 11 is 0. The maximum atomic E-state index is 13.8. The third kappa shape index (κ3) is 6.41. The lowest BCUT2D eigenvalue weighted by molar-refractivity contribution is -0.150. The summed E-state index contributed by atoms with van der Waals surface area (Å²) < 4.78 is 0. The molecule has 204 valence electrons. The van der Waals surface area contributed by atoms with Crippen molar-refractivity contribution >= 4 is 23.8 Å². The number of carboxylic acids is 1. The van der Waals surface area contributed by atoms with E-state index in [1.165, 1.54) is 16.7 Å². The molecule has 1 heterocycles. The van der Waals surface area contributed by atoms with Gasteiger partial charge in [0.15, 0.2) is 0 Å². The zero-order valence-electron chi connectivity index (χ0n) is 22.6. The third-order valence-electron chi connectivity index (χ3n) is 7.37. The number of carbonyl (C=O) groups excluding carboxylic acids is 3. The first-order chi connectivity index (χ1) is 18.2. The highest BCUT2D eigenvalue weighted by Crippen LogP contribution is 2.38. The van der Waals surface area contributed by atoms with Gasteiger partial charge in [-0.05, 0) is 31.4 Å². The van der Waals surface area contributed by atoms with Crippen molar-refractivity contribution in [3.63, 3.8) is 0 Å². The summed E-state index contributed by atoms with van der Waals surface area (Å²) in [6, 6.07) is 16.8. The predicted molar refractivity (Wildman–Crippen MR) is 145 cm³/mol. The topological polar surface area (TPSA) is 98.2 Å². The molecule has 0 saturated carbocycles. The van der Waals surface area contributed by atoms with E-state index < -0.39 is 41.9 Å². The predicted octanol–water partition coefficient (Wildman–Crippen LogP) is 5.03. The molecule has 3 rings (SSSR count). The van der Waals surface area contributed by atoms with Gasteiger partial charge in [0.05, 0.1) is 0 Å². The largest absolute Gasteiger partial charge is 0.480 e. The van der Waals surface area contributed by atoms with Crippen LogP contribution in [-0.4, -0.2) is 62.8 Å². The zero-order chi connectivity index (χ0) is 27.7. The number of rotatable bonds is 14. The maximum absolute atomic E-state index is 13.8. The maximum Gasteiger partial charge on any atom is 0.328 e. The van der Waals surface area contributed by atoms with Crippen LogP contribution in [-0.2, 0) is 26.5 Å². The van der Waals surface area contributed by atoms with Crippen LogP contribution in [0.5, 0.6) is 0 Å². The Bertz CT molecular complexity index is 1110. The van der Waals surface area contributed by atoms with Gasteiger partial charge in [0.25, 0.3) is 5.91 Å². The Morgan fingerprint density at radius 1 is 0.921 bits per heavy atom. The highest BCUT2D eigenvalue weighted by atomic mass is 16.4. The molecule has 0 aromatic heterocycles. The molecule has 0 unspecified atom stereocenters. The van der Waals surface area contributed by atoms with E-state index in [0.717, 1.165) is 42.6 Å². The zero-order valence-corrected chi connectivity index (χ0v) is 22.6. The van der Waals surface area contributed by atoms with E-state index in [-0.39, 0.29) is 13.1 Å². The Labute approximate surface area is 225 Å². The second-order valence-electron chi connectivity index (χ2n) is 10.1. The van der Waals surface area contributed by atoms with Gasteiger partial charge in [0.2, 0.25) is 5.91 Å². The molecule has 2 atom stereocenters. The van der Waals surface area contributed by atoms with Gasteiger partial charge in [-0.15, -0.1) is 0 Å². The van der Waals surface area contributed by atoms with E-state index in [0.29, 0.717) is 12.0 Å². The van der Waals surface area contributed by atoms with E-state index in [4.69, 9.17) is 0 Å². The fraction of sp³-hybridized carbons (Fsp3) is 0.467. The van der Waals surface area contributed by atoms with Crippen molar-refractivity contribution in [2.24, 2.45) is 0 Å².